The van der Waals surface area contributed by atoms with Crippen molar-refractivity contribution in [3.05, 3.63) is 12.3 Å². The number of amides is 2. The quantitative estimate of drug-likeness (QED) is 0.669. The van der Waals surface area contributed by atoms with E-state index in [1.54, 1.807) is 11.0 Å². The third-order valence-corrected chi connectivity index (χ3v) is 2.07. The second kappa shape index (κ2) is 4.10. The van der Waals surface area contributed by atoms with Crippen LogP contribution in [0.4, 0.5) is 10.7 Å². The summed E-state index contributed by atoms with van der Waals surface area (Å²) in [5.41, 5.74) is 0. The van der Waals surface area contributed by atoms with Gasteiger partial charge in [-0.05, 0) is 0 Å². The number of rotatable bonds is 1. The topological polar surface area (TPSA) is 70.4 Å². The lowest BCUT2D eigenvalue weighted by molar-refractivity contribution is 0.203. The molecule has 6 heteroatoms. The first kappa shape index (κ1) is 9.01. The molecule has 0 aliphatic carbocycles. The van der Waals surface area contributed by atoms with Crippen LogP contribution in [0.5, 0.6) is 0 Å². The highest BCUT2D eigenvalue weighted by atomic mass is 16.5. The molecule has 0 unspecified atom stereocenters. The van der Waals surface area contributed by atoms with Crippen LogP contribution < -0.4 is 10.6 Å². The fourth-order valence-corrected chi connectivity index (χ4v) is 1.33. The minimum atomic E-state index is -0.136. The van der Waals surface area contributed by atoms with Gasteiger partial charge in [-0.3, -0.25) is 5.32 Å². The Morgan fingerprint density at radius 2 is 2.36 bits per heavy atom. The highest BCUT2D eigenvalue weighted by molar-refractivity contribution is 5.87. The van der Waals surface area contributed by atoms with Gasteiger partial charge in [0.25, 0.3) is 0 Å². The first-order valence-corrected chi connectivity index (χ1v) is 4.53. The summed E-state index contributed by atoms with van der Waals surface area (Å²) in [7, 11) is 0. The molecule has 2 N–H and O–H groups in total. The van der Waals surface area contributed by atoms with Crippen molar-refractivity contribution in [2.75, 3.05) is 31.5 Å². The number of hydrogen-bond acceptors (Lipinski definition) is 4. The molecule has 0 bridgehead atoms. The van der Waals surface area contributed by atoms with E-state index in [1.807, 2.05) is 0 Å². The number of nitrogens with zero attached hydrogens (tertiary/aromatic N) is 2. The summed E-state index contributed by atoms with van der Waals surface area (Å²) in [6.45, 7) is 3.12. The van der Waals surface area contributed by atoms with Crippen molar-refractivity contribution in [3.63, 3.8) is 0 Å². The van der Waals surface area contributed by atoms with E-state index < -0.39 is 0 Å². The third-order valence-electron chi connectivity index (χ3n) is 2.07. The van der Waals surface area contributed by atoms with Gasteiger partial charge in [-0.1, -0.05) is 5.16 Å². The SMILES string of the molecule is O=C(Nc1ccno1)N1CCNCC1. The van der Waals surface area contributed by atoms with E-state index in [-0.39, 0.29) is 6.03 Å². The Hall–Kier alpha value is -1.56. The number of urea groups is 1. The molecule has 0 radical (unpaired) electrons. The summed E-state index contributed by atoms with van der Waals surface area (Å²) < 4.78 is 4.77. The number of carbonyl (C=O) groups is 1. The summed E-state index contributed by atoms with van der Waals surface area (Å²) in [5, 5.41) is 9.29. The van der Waals surface area contributed by atoms with Gasteiger partial charge in [-0.15, -0.1) is 0 Å². The van der Waals surface area contributed by atoms with Crippen LogP contribution in [0.3, 0.4) is 0 Å². The molecule has 0 saturated carbocycles. The predicted molar refractivity (Wildman–Crippen MR) is 50.0 cm³/mol. The number of piperazine rings is 1. The van der Waals surface area contributed by atoms with E-state index in [9.17, 15) is 4.79 Å². The maximum atomic E-state index is 11.6. The molecular formula is C8H12N4O2. The van der Waals surface area contributed by atoms with Crippen molar-refractivity contribution in [1.29, 1.82) is 0 Å². The number of hydrogen-bond donors (Lipinski definition) is 2. The van der Waals surface area contributed by atoms with Gasteiger partial charge in [0.1, 0.15) is 0 Å². The number of aromatic nitrogens is 1. The summed E-state index contributed by atoms with van der Waals surface area (Å²) in [6.07, 6.45) is 1.49. The molecule has 76 valence electrons. The standard InChI is InChI=1S/C8H12N4O2/c13-8(11-7-1-2-10-14-7)12-5-3-9-4-6-12/h1-2,9H,3-6H2,(H,11,13). The minimum Gasteiger partial charge on any atom is -0.338 e. The fraction of sp³-hybridized carbons (Fsp3) is 0.500. The lowest BCUT2D eigenvalue weighted by atomic mass is 10.4. The van der Waals surface area contributed by atoms with E-state index in [1.165, 1.54) is 6.20 Å². The van der Waals surface area contributed by atoms with E-state index in [4.69, 9.17) is 4.52 Å². The Kier molecular flexibility index (Phi) is 2.64. The van der Waals surface area contributed by atoms with Crippen LogP contribution in [-0.4, -0.2) is 42.3 Å². The molecule has 1 fully saturated rings. The molecule has 0 aromatic carbocycles. The predicted octanol–water partition coefficient (Wildman–Crippen LogP) is 0.112. The van der Waals surface area contributed by atoms with Crippen LogP contribution >= 0.6 is 0 Å². The van der Waals surface area contributed by atoms with Gasteiger partial charge in [0.15, 0.2) is 0 Å². The van der Waals surface area contributed by atoms with Crippen LogP contribution in [0.15, 0.2) is 16.8 Å². The second-order valence-corrected chi connectivity index (χ2v) is 3.04. The van der Waals surface area contributed by atoms with Crippen molar-refractivity contribution in [2.45, 2.75) is 0 Å². The Bertz CT molecular complexity index is 292. The highest BCUT2D eigenvalue weighted by Crippen LogP contribution is 2.05. The van der Waals surface area contributed by atoms with Gasteiger partial charge in [-0.2, -0.15) is 0 Å². The smallest absolute Gasteiger partial charge is 0.324 e. The summed E-state index contributed by atoms with van der Waals surface area (Å²) in [4.78, 5) is 13.3. The van der Waals surface area contributed by atoms with E-state index >= 15 is 0 Å². The van der Waals surface area contributed by atoms with E-state index in [0.29, 0.717) is 5.88 Å². The van der Waals surface area contributed by atoms with Crippen LogP contribution in [0.25, 0.3) is 0 Å². The monoisotopic (exact) mass is 196 g/mol. The Balaban J connectivity index is 1.88. The largest absolute Gasteiger partial charge is 0.338 e. The van der Waals surface area contributed by atoms with Gasteiger partial charge in [0.2, 0.25) is 5.88 Å². The number of carbonyl (C=O) groups excluding carboxylic acids is 1. The van der Waals surface area contributed by atoms with Crippen molar-refractivity contribution in [1.82, 2.24) is 15.4 Å². The van der Waals surface area contributed by atoms with Crippen molar-refractivity contribution >= 4 is 11.9 Å². The van der Waals surface area contributed by atoms with E-state index in [2.05, 4.69) is 15.8 Å². The average Bonchev–Trinajstić information content (AvgIpc) is 2.72. The maximum Gasteiger partial charge on any atom is 0.324 e. The molecule has 2 amide bonds. The molecule has 14 heavy (non-hydrogen) atoms. The van der Waals surface area contributed by atoms with Gasteiger partial charge in [-0.25, -0.2) is 4.79 Å². The minimum absolute atomic E-state index is 0.136. The van der Waals surface area contributed by atoms with Gasteiger partial charge in [0.05, 0.1) is 6.20 Å². The zero-order valence-electron chi connectivity index (χ0n) is 7.69. The summed E-state index contributed by atoms with van der Waals surface area (Å²) in [5.74, 6) is 0.383. The normalized spacial score (nSPS) is 16.7. The van der Waals surface area contributed by atoms with Gasteiger partial charge in [0, 0.05) is 32.2 Å². The molecule has 0 atom stereocenters. The van der Waals surface area contributed by atoms with Crippen LogP contribution in [0, 0.1) is 0 Å². The molecular weight excluding hydrogens is 184 g/mol. The Labute approximate surface area is 81.2 Å². The second-order valence-electron chi connectivity index (χ2n) is 3.04. The molecule has 6 nitrogen and oxygen atoms in total. The zero-order valence-corrected chi connectivity index (χ0v) is 7.69. The van der Waals surface area contributed by atoms with Crippen LogP contribution in [0.2, 0.25) is 0 Å². The van der Waals surface area contributed by atoms with Gasteiger partial charge < -0.3 is 14.7 Å². The lowest BCUT2D eigenvalue weighted by Gasteiger charge is -2.26. The first-order chi connectivity index (χ1) is 6.86. The van der Waals surface area contributed by atoms with Crippen LogP contribution in [0.1, 0.15) is 0 Å². The van der Waals surface area contributed by atoms with Gasteiger partial charge >= 0.3 is 6.03 Å². The molecule has 1 saturated heterocycles. The van der Waals surface area contributed by atoms with Crippen molar-refractivity contribution in [3.8, 4) is 0 Å². The Morgan fingerprint density at radius 1 is 1.57 bits per heavy atom. The van der Waals surface area contributed by atoms with Crippen molar-refractivity contribution in [2.24, 2.45) is 0 Å². The maximum absolute atomic E-state index is 11.6. The molecule has 2 heterocycles. The Morgan fingerprint density at radius 3 is 3.00 bits per heavy atom. The fourth-order valence-electron chi connectivity index (χ4n) is 1.33. The first-order valence-electron chi connectivity index (χ1n) is 4.53. The summed E-state index contributed by atoms with van der Waals surface area (Å²) in [6, 6.07) is 1.48. The van der Waals surface area contributed by atoms with E-state index in [0.717, 1.165) is 26.2 Å². The van der Waals surface area contributed by atoms with Crippen molar-refractivity contribution < 1.29 is 9.32 Å². The number of anilines is 1. The lowest BCUT2D eigenvalue weighted by Crippen LogP contribution is -2.48. The highest BCUT2D eigenvalue weighted by Gasteiger charge is 2.16. The molecule has 1 aromatic heterocycles. The molecule has 0 spiro atoms. The molecule has 1 aliphatic heterocycles. The molecule has 1 aliphatic rings. The van der Waals surface area contributed by atoms with Crippen LogP contribution in [-0.2, 0) is 0 Å². The third kappa shape index (κ3) is 2.02. The number of nitrogens with one attached hydrogen (secondary N) is 2. The summed E-state index contributed by atoms with van der Waals surface area (Å²) >= 11 is 0. The molecule has 1 aromatic rings. The molecule has 2 rings (SSSR count). The zero-order chi connectivity index (χ0) is 9.80. The average molecular weight is 196 g/mol.